The summed E-state index contributed by atoms with van der Waals surface area (Å²) in [6.45, 7) is 2.47. The summed E-state index contributed by atoms with van der Waals surface area (Å²) in [5.74, 6) is -0.149. The maximum Gasteiger partial charge on any atom is 0.242 e. The largest absolute Gasteiger partial charge is 0.383 e. The van der Waals surface area contributed by atoms with Gasteiger partial charge >= 0.3 is 0 Å². The molecule has 0 unspecified atom stereocenters. The lowest BCUT2D eigenvalue weighted by molar-refractivity contribution is -0.121. The zero-order chi connectivity index (χ0) is 16.7. The minimum absolute atomic E-state index is 0.0670. The summed E-state index contributed by atoms with van der Waals surface area (Å²) in [6, 6.07) is 14.1. The molecule has 0 saturated heterocycles. The normalized spacial score (nSPS) is 11.7. The second-order valence-electron chi connectivity index (χ2n) is 5.36. The van der Waals surface area contributed by atoms with Gasteiger partial charge in [0.25, 0.3) is 0 Å². The van der Waals surface area contributed by atoms with Gasteiger partial charge in [-0.2, -0.15) is 0 Å². The van der Waals surface area contributed by atoms with Crippen LogP contribution in [0.1, 0.15) is 12.5 Å². The van der Waals surface area contributed by atoms with E-state index in [1.807, 2.05) is 49.4 Å². The second-order valence-corrected chi connectivity index (χ2v) is 5.77. The molecule has 0 spiro atoms. The molecule has 0 aliphatic rings. The average Bonchev–Trinajstić information content (AvgIpc) is 2.53. The number of ether oxygens (including phenoxy) is 1. The van der Waals surface area contributed by atoms with E-state index >= 15 is 0 Å². The van der Waals surface area contributed by atoms with Gasteiger partial charge in [-0.3, -0.25) is 15.6 Å². The first-order valence-corrected chi connectivity index (χ1v) is 7.81. The summed E-state index contributed by atoms with van der Waals surface area (Å²) in [5, 5.41) is 5.65. The number of nitrogens with one attached hydrogen (secondary N) is 3. The highest BCUT2D eigenvalue weighted by Crippen LogP contribution is 2.15. The first-order chi connectivity index (χ1) is 11.1. The van der Waals surface area contributed by atoms with Gasteiger partial charge in [-0.25, -0.2) is 0 Å². The van der Waals surface area contributed by atoms with Crippen LogP contribution in [0.3, 0.4) is 0 Å². The summed E-state index contributed by atoms with van der Waals surface area (Å²) in [4.78, 5) is 12.0. The van der Waals surface area contributed by atoms with Crippen molar-refractivity contribution in [1.29, 1.82) is 0 Å². The molecule has 5 nitrogen and oxygen atoms in total. The van der Waals surface area contributed by atoms with E-state index in [0.717, 1.165) is 16.3 Å². The van der Waals surface area contributed by atoms with Gasteiger partial charge in [0.15, 0.2) is 5.11 Å². The molecule has 0 bridgehead atoms. The SMILES string of the molecule is COC[C@@H](C)NC(=S)NNC(=O)Cc1ccc2ccccc2c1. The fraction of sp³-hybridized carbons (Fsp3) is 0.294. The molecule has 3 N–H and O–H groups in total. The Labute approximate surface area is 141 Å². The van der Waals surface area contributed by atoms with Crippen LogP contribution in [-0.2, 0) is 16.0 Å². The Hall–Kier alpha value is -2.18. The van der Waals surface area contributed by atoms with Crippen LogP contribution >= 0.6 is 12.2 Å². The van der Waals surface area contributed by atoms with E-state index in [1.165, 1.54) is 0 Å². The highest BCUT2D eigenvalue weighted by molar-refractivity contribution is 7.80. The fourth-order valence-electron chi connectivity index (χ4n) is 2.26. The molecule has 6 heteroatoms. The number of hydrogen-bond donors (Lipinski definition) is 3. The fourth-order valence-corrected chi connectivity index (χ4v) is 2.51. The Bertz CT molecular complexity index is 690. The number of hydrazine groups is 1. The van der Waals surface area contributed by atoms with E-state index in [4.69, 9.17) is 17.0 Å². The highest BCUT2D eigenvalue weighted by atomic mass is 32.1. The lowest BCUT2D eigenvalue weighted by Crippen LogP contribution is -2.50. The van der Waals surface area contributed by atoms with Gasteiger partial charge in [-0.05, 0) is 35.5 Å². The molecule has 0 heterocycles. The molecule has 1 atom stereocenters. The van der Waals surface area contributed by atoms with E-state index < -0.39 is 0 Å². The van der Waals surface area contributed by atoms with E-state index in [9.17, 15) is 4.79 Å². The van der Waals surface area contributed by atoms with Crippen molar-refractivity contribution in [3.8, 4) is 0 Å². The van der Waals surface area contributed by atoms with Gasteiger partial charge in [-0.15, -0.1) is 0 Å². The maximum absolute atomic E-state index is 12.0. The van der Waals surface area contributed by atoms with E-state index in [-0.39, 0.29) is 18.4 Å². The van der Waals surface area contributed by atoms with Crippen molar-refractivity contribution in [2.75, 3.05) is 13.7 Å². The molecule has 23 heavy (non-hydrogen) atoms. The number of thiocarbonyl (C=S) groups is 1. The molecular weight excluding hydrogens is 310 g/mol. The van der Waals surface area contributed by atoms with Crippen LogP contribution in [-0.4, -0.2) is 30.8 Å². The number of fused-ring (bicyclic) bond motifs is 1. The first-order valence-electron chi connectivity index (χ1n) is 7.40. The van der Waals surface area contributed by atoms with Crippen LogP contribution in [0.4, 0.5) is 0 Å². The predicted molar refractivity (Wildman–Crippen MR) is 96.0 cm³/mol. The van der Waals surface area contributed by atoms with E-state index in [1.54, 1.807) is 7.11 Å². The zero-order valence-electron chi connectivity index (χ0n) is 13.3. The summed E-state index contributed by atoms with van der Waals surface area (Å²) in [7, 11) is 1.62. The van der Waals surface area contributed by atoms with Gasteiger partial charge in [0.05, 0.1) is 13.0 Å². The van der Waals surface area contributed by atoms with E-state index in [0.29, 0.717) is 11.7 Å². The third kappa shape index (κ3) is 5.50. The summed E-state index contributed by atoms with van der Waals surface area (Å²) < 4.78 is 5.01. The van der Waals surface area contributed by atoms with Crippen LogP contribution in [0.5, 0.6) is 0 Å². The van der Waals surface area contributed by atoms with Crippen molar-refractivity contribution in [3.05, 3.63) is 48.0 Å². The van der Waals surface area contributed by atoms with Gasteiger partial charge in [0, 0.05) is 13.2 Å². The molecule has 0 aliphatic heterocycles. The van der Waals surface area contributed by atoms with Gasteiger partial charge in [-0.1, -0.05) is 42.5 Å². The molecule has 122 valence electrons. The minimum Gasteiger partial charge on any atom is -0.383 e. The van der Waals surface area contributed by atoms with Crippen LogP contribution in [0.15, 0.2) is 42.5 Å². The van der Waals surface area contributed by atoms with Gasteiger partial charge in [0.1, 0.15) is 0 Å². The quantitative estimate of drug-likeness (QED) is 0.577. The number of carbonyl (C=O) groups excluding carboxylic acids is 1. The molecule has 2 rings (SSSR count). The van der Waals surface area contributed by atoms with Crippen molar-refractivity contribution in [1.82, 2.24) is 16.2 Å². The number of amides is 1. The smallest absolute Gasteiger partial charge is 0.242 e. The number of methoxy groups -OCH3 is 1. The molecular formula is C17H21N3O2S. The summed E-state index contributed by atoms with van der Waals surface area (Å²) in [6.07, 6.45) is 0.286. The van der Waals surface area contributed by atoms with Crippen molar-refractivity contribution >= 4 is 34.0 Å². The van der Waals surface area contributed by atoms with Crippen molar-refractivity contribution < 1.29 is 9.53 Å². The molecule has 0 saturated carbocycles. The molecule has 0 aromatic heterocycles. The van der Waals surface area contributed by atoms with Crippen LogP contribution in [0.2, 0.25) is 0 Å². The van der Waals surface area contributed by atoms with Crippen molar-refractivity contribution in [3.63, 3.8) is 0 Å². The van der Waals surface area contributed by atoms with Crippen LogP contribution in [0.25, 0.3) is 10.8 Å². The zero-order valence-corrected chi connectivity index (χ0v) is 14.1. The second kappa shape index (κ2) is 8.45. The molecule has 0 radical (unpaired) electrons. The Morgan fingerprint density at radius 1 is 1.17 bits per heavy atom. The van der Waals surface area contributed by atoms with E-state index in [2.05, 4.69) is 16.2 Å². The number of rotatable bonds is 5. The third-order valence-corrected chi connectivity index (χ3v) is 3.51. The molecule has 0 fully saturated rings. The lowest BCUT2D eigenvalue weighted by atomic mass is 10.1. The highest BCUT2D eigenvalue weighted by Gasteiger charge is 2.06. The molecule has 2 aromatic rings. The first kappa shape index (κ1) is 17.2. The van der Waals surface area contributed by atoms with Gasteiger partial charge in [0.2, 0.25) is 5.91 Å². The summed E-state index contributed by atoms with van der Waals surface area (Å²) >= 11 is 5.10. The Morgan fingerprint density at radius 2 is 1.91 bits per heavy atom. The van der Waals surface area contributed by atoms with Gasteiger partial charge < -0.3 is 10.1 Å². The monoisotopic (exact) mass is 331 g/mol. The standard InChI is InChI=1S/C17H21N3O2S/c1-12(11-22-2)18-17(23)20-19-16(21)10-13-7-8-14-5-3-4-6-15(14)9-13/h3-9,12H,10-11H2,1-2H3,(H,19,21)(H2,18,20,23)/t12-/m1/s1. The Balaban J connectivity index is 1.83. The Morgan fingerprint density at radius 3 is 2.65 bits per heavy atom. The number of hydrogen-bond acceptors (Lipinski definition) is 3. The van der Waals surface area contributed by atoms with Crippen molar-refractivity contribution in [2.24, 2.45) is 0 Å². The summed E-state index contributed by atoms with van der Waals surface area (Å²) in [5.41, 5.74) is 6.24. The maximum atomic E-state index is 12.0. The molecule has 2 aromatic carbocycles. The van der Waals surface area contributed by atoms with Crippen molar-refractivity contribution in [2.45, 2.75) is 19.4 Å². The third-order valence-electron chi connectivity index (χ3n) is 3.29. The number of benzene rings is 2. The predicted octanol–water partition coefficient (Wildman–Crippen LogP) is 1.91. The van der Waals surface area contributed by atoms with Crippen LogP contribution in [0, 0.1) is 0 Å². The lowest BCUT2D eigenvalue weighted by Gasteiger charge is -2.16. The molecule has 0 aliphatic carbocycles. The topological polar surface area (TPSA) is 62.4 Å². The van der Waals surface area contributed by atoms with Crippen LogP contribution < -0.4 is 16.2 Å². The Kier molecular flexibility index (Phi) is 6.31. The number of carbonyl (C=O) groups is 1. The average molecular weight is 331 g/mol. The minimum atomic E-state index is -0.149. The molecule has 1 amide bonds.